The van der Waals surface area contributed by atoms with Gasteiger partial charge in [0, 0.05) is 36.1 Å². The first-order chi connectivity index (χ1) is 14.2. The fourth-order valence-electron chi connectivity index (χ4n) is 2.94. The van der Waals surface area contributed by atoms with Gasteiger partial charge in [-0.05, 0) is 18.6 Å². The third kappa shape index (κ3) is 4.31. The van der Waals surface area contributed by atoms with E-state index in [1.54, 1.807) is 12.4 Å². The molecule has 0 saturated carbocycles. The molecular formula is C21H19N7S. The van der Waals surface area contributed by atoms with Crippen molar-refractivity contribution in [1.29, 1.82) is 5.26 Å². The molecule has 0 amide bonds. The van der Waals surface area contributed by atoms with Crippen molar-refractivity contribution in [2.45, 2.75) is 19.4 Å². The Balaban J connectivity index is 1.54. The van der Waals surface area contributed by atoms with Crippen LogP contribution in [0.5, 0.6) is 0 Å². The molecule has 0 aliphatic rings. The zero-order valence-electron chi connectivity index (χ0n) is 15.9. The average molecular weight is 401 g/mol. The highest BCUT2D eigenvalue weighted by Crippen LogP contribution is 2.31. The molecule has 1 unspecified atom stereocenters. The van der Waals surface area contributed by atoms with E-state index >= 15 is 0 Å². The van der Waals surface area contributed by atoms with E-state index in [-0.39, 0.29) is 0 Å². The number of nitrogens with one attached hydrogen (secondary N) is 1. The van der Waals surface area contributed by atoms with E-state index in [1.807, 2.05) is 59.6 Å². The van der Waals surface area contributed by atoms with Crippen molar-refractivity contribution < 1.29 is 0 Å². The second-order valence-electron chi connectivity index (χ2n) is 6.46. The van der Waals surface area contributed by atoms with Crippen molar-refractivity contribution in [2.24, 2.45) is 0 Å². The molecule has 3 aromatic heterocycles. The zero-order valence-corrected chi connectivity index (χ0v) is 16.7. The standard InChI is InChI=1S/C21H19N7S/c1-15-13-24-21(23-9-11-28-10-5-8-25-28)27-19(15)17(12-22)20-26-18(14-29-20)16-6-3-2-4-7-16/h2-8,10,13-14,17H,9,11H2,1H3,(H,23,24,27). The Kier molecular flexibility index (Phi) is 5.59. The Labute approximate surface area is 172 Å². The van der Waals surface area contributed by atoms with E-state index in [1.165, 1.54) is 11.3 Å². The molecule has 0 aliphatic carbocycles. The van der Waals surface area contributed by atoms with Gasteiger partial charge in [-0.1, -0.05) is 30.3 Å². The summed E-state index contributed by atoms with van der Waals surface area (Å²) in [6.07, 6.45) is 5.39. The number of hydrogen-bond donors (Lipinski definition) is 1. The molecule has 4 rings (SSSR count). The second kappa shape index (κ2) is 8.63. The van der Waals surface area contributed by atoms with Crippen molar-refractivity contribution in [3.63, 3.8) is 0 Å². The summed E-state index contributed by atoms with van der Waals surface area (Å²) in [5.41, 5.74) is 3.45. The maximum Gasteiger partial charge on any atom is 0.222 e. The van der Waals surface area contributed by atoms with E-state index < -0.39 is 5.92 Å². The third-order valence-corrected chi connectivity index (χ3v) is 5.34. The van der Waals surface area contributed by atoms with Crippen LogP contribution >= 0.6 is 11.3 Å². The largest absolute Gasteiger partial charge is 0.352 e. The number of hydrogen-bond acceptors (Lipinski definition) is 7. The molecule has 0 bridgehead atoms. The van der Waals surface area contributed by atoms with Gasteiger partial charge in [-0.3, -0.25) is 4.68 Å². The SMILES string of the molecule is Cc1cnc(NCCn2cccn2)nc1C(C#N)c1nc(-c2ccccc2)cs1. The lowest BCUT2D eigenvalue weighted by Crippen LogP contribution is -2.14. The fraction of sp³-hybridized carbons (Fsp3) is 0.190. The van der Waals surface area contributed by atoms with Gasteiger partial charge in [0.2, 0.25) is 5.95 Å². The minimum atomic E-state index is -0.535. The van der Waals surface area contributed by atoms with Gasteiger partial charge in [0.25, 0.3) is 0 Å². The van der Waals surface area contributed by atoms with Crippen LogP contribution in [0.2, 0.25) is 0 Å². The lowest BCUT2D eigenvalue weighted by atomic mass is 10.0. The van der Waals surface area contributed by atoms with Crippen LogP contribution in [-0.4, -0.2) is 31.3 Å². The molecular weight excluding hydrogens is 382 g/mol. The topological polar surface area (TPSA) is 92.3 Å². The molecule has 0 aliphatic heterocycles. The number of nitrogens with zero attached hydrogens (tertiary/aromatic N) is 6. The van der Waals surface area contributed by atoms with Gasteiger partial charge < -0.3 is 5.32 Å². The van der Waals surface area contributed by atoms with Crippen molar-refractivity contribution in [2.75, 3.05) is 11.9 Å². The molecule has 1 aromatic carbocycles. The van der Waals surface area contributed by atoms with Crippen LogP contribution in [0.4, 0.5) is 5.95 Å². The van der Waals surface area contributed by atoms with Crippen LogP contribution in [0.3, 0.4) is 0 Å². The maximum absolute atomic E-state index is 9.85. The second-order valence-corrected chi connectivity index (χ2v) is 7.35. The van der Waals surface area contributed by atoms with Gasteiger partial charge in [0.1, 0.15) is 10.9 Å². The van der Waals surface area contributed by atoms with Crippen LogP contribution in [0, 0.1) is 18.3 Å². The molecule has 4 aromatic rings. The molecule has 0 radical (unpaired) electrons. The number of benzene rings is 1. The summed E-state index contributed by atoms with van der Waals surface area (Å²) >= 11 is 1.48. The van der Waals surface area contributed by atoms with Crippen LogP contribution in [0.1, 0.15) is 22.2 Å². The van der Waals surface area contributed by atoms with Gasteiger partial charge in [-0.25, -0.2) is 15.0 Å². The predicted molar refractivity (Wildman–Crippen MR) is 112 cm³/mol. The lowest BCUT2D eigenvalue weighted by Gasteiger charge is -2.11. The number of aryl methyl sites for hydroxylation is 1. The highest BCUT2D eigenvalue weighted by molar-refractivity contribution is 7.10. The van der Waals surface area contributed by atoms with Crippen LogP contribution in [-0.2, 0) is 6.54 Å². The van der Waals surface area contributed by atoms with Crippen molar-refractivity contribution >= 4 is 17.3 Å². The summed E-state index contributed by atoms with van der Waals surface area (Å²) in [5.74, 6) is -0.0371. The highest BCUT2D eigenvalue weighted by Gasteiger charge is 2.22. The van der Waals surface area contributed by atoms with E-state index in [4.69, 9.17) is 4.98 Å². The van der Waals surface area contributed by atoms with E-state index in [0.29, 0.717) is 24.7 Å². The number of rotatable bonds is 7. The summed E-state index contributed by atoms with van der Waals surface area (Å²) in [5, 5.41) is 19.9. The summed E-state index contributed by atoms with van der Waals surface area (Å²) in [7, 11) is 0. The normalized spacial score (nSPS) is 11.7. The van der Waals surface area contributed by atoms with Gasteiger partial charge in [-0.2, -0.15) is 10.4 Å². The molecule has 1 N–H and O–H groups in total. The molecule has 1 atom stereocenters. The first-order valence-electron chi connectivity index (χ1n) is 9.20. The molecule has 3 heterocycles. The number of nitriles is 1. The number of thiazole rings is 1. The molecule has 8 heteroatoms. The predicted octanol–water partition coefficient (Wildman–Crippen LogP) is 3.87. The molecule has 29 heavy (non-hydrogen) atoms. The van der Waals surface area contributed by atoms with Gasteiger partial charge >= 0.3 is 0 Å². The highest BCUT2D eigenvalue weighted by atomic mass is 32.1. The Morgan fingerprint density at radius 1 is 1.21 bits per heavy atom. The quantitative estimate of drug-likeness (QED) is 0.505. The summed E-state index contributed by atoms with van der Waals surface area (Å²) in [4.78, 5) is 13.7. The van der Waals surface area contributed by atoms with Crippen LogP contribution < -0.4 is 5.32 Å². The Hall–Kier alpha value is -3.57. The maximum atomic E-state index is 9.85. The van der Waals surface area contributed by atoms with Crippen molar-refractivity contribution in [1.82, 2.24) is 24.7 Å². The number of aromatic nitrogens is 5. The summed E-state index contributed by atoms with van der Waals surface area (Å²) in [6, 6.07) is 14.2. The minimum Gasteiger partial charge on any atom is -0.352 e. The first-order valence-corrected chi connectivity index (χ1v) is 10.1. The fourth-order valence-corrected chi connectivity index (χ4v) is 3.82. The van der Waals surface area contributed by atoms with Gasteiger partial charge in [-0.15, -0.1) is 11.3 Å². The summed E-state index contributed by atoms with van der Waals surface area (Å²) < 4.78 is 1.83. The van der Waals surface area contributed by atoms with E-state index in [9.17, 15) is 5.26 Å². The smallest absolute Gasteiger partial charge is 0.222 e. The molecule has 0 fully saturated rings. The van der Waals surface area contributed by atoms with E-state index in [0.717, 1.165) is 21.8 Å². The molecule has 144 valence electrons. The van der Waals surface area contributed by atoms with Crippen LogP contribution in [0.25, 0.3) is 11.3 Å². The average Bonchev–Trinajstić information content (AvgIpc) is 3.44. The molecule has 7 nitrogen and oxygen atoms in total. The van der Waals surface area contributed by atoms with Crippen molar-refractivity contribution in [3.05, 3.63) is 76.6 Å². The zero-order chi connectivity index (χ0) is 20.1. The molecule has 0 saturated heterocycles. The van der Waals surface area contributed by atoms with Crippen LogP contribution in [0.15, 0.2) is 60.4 Å². The number of anilines is 1. The Bertz CT molecular complexity index is 1110. The summed E-state index contributed by atoms with van der Waals surface area (Å²) in [6.45, 7) is 3.25. The first kappa shape index (κ1) is 18.8. The lowest BCUT2D eigenvalue weighted by molar-refractivity contribution is 0.635. The monoisotopic (exact) mass is 401 g/mol. The molecule has 0 spiro atoms. The third-order valence-electron chi connectivity index (χ3n) is 4.44. The Morgan fingerprint density at radius 3 is 2.83 bits per heavy atom. The minimum absolute atomic E-state index is 0.498. The van der Waals surface area contributed by atoms with Crippen molar-refractivity contribution in [3.8, 4) is 17.3 Å². The van der Waals surface area contributed by atoms with Gasteiger partial charge in [0.15, 0.2) is 0 Å². The Morgan fingerprint density at radius 2 is 2.07 bits per heavy atom. The van der Waals surface area contributed by atoms with Gasteiger partial charge in [0.05, 0.1) is 24.0 Å². The van der Waals surface area contributed by atoms with E-state index in [2.05, 4.69) is 26.5 Å².